The van der Waals surface area contributed by atoms with Crippen molar-refractivity contribution in [2.45, 2.75) is 0 Å². The summed E-state index contributed by atoms with van der Waals surface area (Å²) in [6.07, 6.45) is 5.49. The van der Waals surface area contributed by atoms with Gasteiger partial charge in [0.15, 0.2) is 0 Å². The molecule has 0 fully saturated rings. The smallest absolute Gasteiger partial charge is 0.0708 e. The average Bonchev–Trinajstić information content (AvgIpc) is 2.26. The lowest BCUT2D eigenvalue weighted by molar-refractivity contribution is 1.36. The van der Waals surface area contributed by atoms with Gasteiger partial charge in [-0.05, 0) is 29.7 Å². The molecule has 3 rings (SSSR count). The van der Waals surface area contributed by atoms with Crippen molar-refractivity contribution in [3.8, 4) is 0 Å². The first-order valence-electron chi connectivity index (χ1n) is 4.52. The van der Waals surface area contributed by atoms with Crippen molar-refractivity contribution in [1.82, 2.24) is 9.97 Å². The molecule has 0 radical (unpaired) electrons. The molecule has 0 unspecified atom stereocenters. The Morgan fingerprint density at radius 2 is 1.86 bits per heavy atom. The molecule has 3 aromatic rings. The Morgan fingerprint density at radius 3 is 2.86 bits per heavy atom. The zero-order chi connectivity index (χ0) is 9.38. The van der Waals surface area contributed by atoms with Crippen LogP contribution in [0.2, 0.25) is 0 Å². The lowest BCUT2D eigenvalue weighted by atomic mass is 10.1. The van der Waals surface area contributed by atoms with Gasteiger partial charge in [-0.25, -0.2) is 0 Å². The molecule has 0 aliphatic rings. The van der Waals surface area contributed by atoms with E-state index in [9.17, 15) is 0 Å². The third kappa shape index (κ3) is 1.04. The van der Waals surface area contributed by atoms with Crippen LogP contribution in [-0.4, -0.2) is 9.97 Å². The summed E-state index contributed by atoms with van der Waals surface area (Å²) < 4.78 is 0. The second-order valence-corrected chi connectivity index (χ2v) is 3.27. The maximum Gasteiger partial charge on any atom is 0.0708 e. The Morgan fingerprint density at radius 1 is 0.857 bits per heavy atom. The lowest BCUT2D eigenvalue weighted by Crippen LogP contribution is -1.79. The summed E-state index contributed by atoms with van der Waals surface area (Å²) in [5.74, 6) is 0. The molecule has 66 valence electrons. The van der Waals surface area contributed by atoms with Gasteiger partial charge in [0, 0.05) is 29.4 Å². The molecule has 0 spiro atoms. The molecular weight excluding hydrogens is 172 g/mol. The summed E-state index contributed by atoms with van der Waals surface area (Å²) in [7, 11) is 0. The first-order valence-corrected chi connectivity index (χ1v) is 4.52. The molecule has 0 N–H and O–H groups in total. The minimum absolute atomic E-state index is 1.03. The Hall–Kier alpha value is -1.96. The molecule has 0 saturated carbocycles. The number of nitrogens with zero attached hydrogens (tertiary/aromatic N) is 2. The standard InChI is InChI=1S/C12H8N2/c1-2-10-6-11-8-13-5-3-9(11)7-12(10)14-4-1/h1-8H. The lowest BCUT2D eigenvalue weighted by Gasteiger charge is -1.99. The van der Waals surface area contributed by atoms with Gasteiger partial charge < -0.3 is 0 Å². The number of rotatable bonds is 0. The molecule has 2 aromatic heterocycles. The molecule has 0 bridgehead atoms. The first kappa shape index (κ1) is 7.44. The van der Waals surface area contributed by atoms with Crippen molar-refractivity contribution < 1.29 is 0 Å². The van der Waals surface area contributed by atoms with E-state index in [-0.39, 0.29) is 0 Å². The Kier molecular flexibility index (Phi) is 1.47. The van der Waals surface area contributed by atoms with Crippen molar-refractivity contribution >= 4 is 21.7 Å². The molecule has 2 heteroatoms. The summed E-state index contributed by atoms with van der Waals surface area (Å²) in [5.41, 5.74) is 1.03. The highest BCUT2D eigenvalue weighted by Crippen LogP contribution is 2.19. The van der Waals surface area contributed by atoms with Gasteiger partial charge in [-0.3, -0.25) is 9.97 Å². The molecule has 0 aliphatic carbocycles. The van der Waals surface area contributed by atoms with E-state index in [1.165, 1.54) is 5.39 Å². The maximum atomic E-state index is 4.31. The van der Waals surface area contributed by atoms with E-state index < -0.39 is 0 Å². The van der Waals surface area contributed by atoms with E-state index in [0.717, 1.165) is 16.3 Å². The first-order chi connectivity index (χ1) is 6.93. The van der Waals surface area contributed by atoms with E-state index in [0.29, 0.717) is 0 Å². The molecule has 2 nitrogen and oxygen atoms in total. The zero-order valence-corrected chi connectivity index (χ0v) is 7.51. The van der Waals surface area contributed by atoms with Crippen molar-refractivity contribution in [2.75, 3.05) is 0 Å². The SMILES string of the molecule is c1cnc2cc3ccncc3cc2c1. The summed E-state index contributed by atoms with van der Waals surface area (Å²) in [5, 5.41) is 3.51. The molecule has 0 saturated heterocycles. The van der Waals surface area contributed by atoms with Crippen LogP contribution < -0.4 is 0 Å². The van der Waals surface area contributed by atoms with Crippen LogP contribution in [0.15, 0.2) is 48.9 Å². The topological polar surface area (TPSA) is 25.8 Å². The van der Waals surface area contributed by atoms with E-state index in [1.807, 2.05) is 24.5 Å². The van der Waals surface area contributed by atoms with Gasteiger partial charge in [0.05, 0.1) is 5.52 Å². The van der Waals surface area contributed by atoms with Crippen LogP contribution >= 0.6 is 0 Å². The predicted octanol–water partition coefficient (Wildman–Crippen LogP) is 2.78. The number of hydrogen-bond acceptors (Lipinski definition) is 2. The highest BCUT2D eigenvalue weighted by Gasteiger charge is 1.96. The second-order valence-electron chi connectivity index (χ2n) is 3.27. The summed E-state index contributed by atoms with van der Waals surface area (Å²) in [6, 6.07) is 10.2. The minimum atomic E-state index is 1.03. The van der Waals surface area contributed by atoms with Gasteiger partial charge in [-0.2, -0.15) is 0 Å². The number of pyridine rings is 2. The molecule has 14 heavy (non-hydrogen) atoms. The predicted molar refractivity (Wildman–Crippen MR) is 57.0 cm³/mol. The largest absolute Gasteiger partial charge is 0.264 e. The van der Waals surface area contributed by atoms with Crippen LogP contribution in [0, 0.1) is 0 Å². The van der Waals surface area contributed by atoms with Crippen LogP contribution in [0.4, 0.5) is 0 Å². The normalized spacial score (nSPS) is 10.9. The fourth-order valence-electron chi connectivity index (χ4n) is 1.66. The minimum Gasteiger partial charge on any atom is -0.264 e. The van der Waals surface area contributed by atoms with Crippen molar-refractivity contribution in [3.63, 3.8) is 0 Å². The number of aromatic nitrogens is 2. The quantitative estimate of drug-likeness (QED) is 0.497. The van der Waals surface area contributed by atoms with E-state index in [2.05, 4.69) is 28.2 Å². The Bertz CT molecular complexity index is 497. The van der Waals surface area contributed by atoms with Crippen molar-refractivity contribution in [1.29, 1.82) is 0 Å². The molecule has 0 atom stereocenters. The van der Waals surface area contributed by atoms with Crippen LogP contribution in [0.25, 0.3) is 21.7 Å². The maximum absolute atomic E-state index is 4.31. The third-order valence-electron chi connectivity index (χ3n) is 2.36. The highest BCUT2D eigenvalue weighted by molar-refractivity contribution is 5.95. The summed E-state index contributed by atoms with van der Waals surface area (Å²) in [6.45, 7) is 0. The molecule has 0 amide bonds. The van der Waals surface area contributed by atoms with Gasteiger partial charge in [-0.1, -0.05) is 6.07 Å². The number of hydrogen-bond donors (Lipinski definition) is 0. The van der Waals surface area contributed by atoms with Crippen molar-refractivity contribution in [2.24, 2.45) is 0 Å². The van der Waals surface area contributed by atoms with E-state index in [4.69, 9.17) is 0 Å². The highest BCUT2D eigenvalue weighted by atomic mass is 14.6. The van der Waals surface area contributed by atoms with Gasteiger partial charge >= 0.3 is 0 Å². The number of fused-ring (bicyclic) bond motifs is 2. The summed E-state index contributed by atoms with van der Waals surface area (Å²) >= 11 is 0. The molecule has 1 aromatic carbocycles. The Balaban J connectivity index is 2.52. The number of benzene rings is 1. The van der Waals surface area contributed by atoms with Gasteiger partial charge in [0.1, 0.15) is 0 Å². The average molecular weight is 180 g/mol. The fraction of sp³-hybridized carbons (Fsp3) is 0. The Labute approximate surface area is 81.2 Å². The molecule has 2 heterocycles. The van der Waals surface area contributed by atoms with Crippen molar-refractivity contribution in [3.05, 3.63) is 48.9 Å². The second kappa shape index (κ2) is 2.77. The van der Waals surface area contributed by atoms with Gasteiger partial charge in [0.25, 0.3) is 0 Å². The van der Waals surface area contributed by atoms with Crippen LogP contribution in [0.3, 0.4) is 0 Å². The zero-order valence-electron chi connectivity index (χ0n) is 7.51. The third-order valence-corrected chi connectivity index (χ3v) is 2.36. The molecule has 0 aliphatic heterocycles. The fourth-order valence-corrected chi connectivity index (χ4v) is 1.66. The monoisotopic (exact) mass is 180 g/mol. The van der Waals surface area contributed by atoms with Gasteiger partial charge in [0.2, 0.25) is 0 Å². The van der Waals surface area contributed by atoms with Crippen LogP contribution in [-0.2, 0) is 0 Å². The molecular formula is C12H8N2. The summed E-state index contributed by atoms with van der Waals surface area (Å²) in [4.78, 5) is 8.41. The van der Waals surface area contributed by atoms with Gasteiger partial charge in [-0.15, -0.1) is 0 Å². The van der Waals surface area contributed by atoms with Crippen LogP contribution in [0.5, 0.6) is 0 Å². The van der Waals surface area contributed by atoms with E-state index in [1.54, 1.807) is 6.20 Å². The van der Waals surface area contributed by atoms with E-state index >= 15 is 0 Å². The van der Waals surface area contributed by atoms with Crippen LogP contribution in [0.1, 0.15) is 0 Å².